The van der Waals surface area contributed by atoms with Crippen LogP contribution in [-0.4, -0.2) is 32.3 Å². The van der Waals surface area contributed by atoms with Crippen LogP contribution in [-0.2, 0) is 9.53 Å². The van der Waals surface area contributed by atoms with Crippen molar-refractivity contribution in [1.82, 2.24) is 5.32 Å². The van der Waals surface area contributed by atoms with Gasteiger partial charge in [0.1, 0.15) is 5.75 Å². The zero-order valence-corrected chi connectivity index (χ0v) is 12.3. The smallest absolute Gasteiger partial charge is 0.257 e. The highest BCUT2D eigenvalue weighted by molar-refractivity contribution is 6.34. The molecule has 0 unspecified atom stereocenters. The summed E-state index contributed by atoms with van der Waals surface area (Å²) in [5.41, 5.74) is 0. The van der Waals surface area contributed by atoms with Crippen LogP contribution in [0.1, 0.15) is 13.3 Å². The van der Waals surface area contributed by atoms with Crippen molar-refractivity contribution >= 4 is 29.1 Å². The van der Waals surface area contributed by atoms with Crippen molar-refractivity contribution in [3.63, 3.8) is 0 Å². The molecule has 4 nitrogen and oxygen atoms in total. The van der Waals surface area contributed by atoms with E-state index >= 15 is 0 Å². The quantitative estimate of drug-likeness (QED) is 0.751. The van der Waals surface area contributed by atoms with Crippen LogP contribution in [0.5, 0.6) is 5.75 Å². The predicted molar refractivity (Wildman–Crippen MR) is 76.1 cm³/mol. The number of hydrogen-bond donors (Lipinski definition) is 1. The standard InChI is InChI=1S/C13H17Cl2NO3/c1-2-18-7-3-6-16-13(17)9-19-12-8-10(14)4-5-11(12)15/h4-5,8H,2-3,6-7,9H2,1H3,(H,16,17). The molecule has 1 aromatic rings. The van der Waals surface area contributed by atoms with Crippen LogP contribution in [0.4, 0.5) is 0 Å². The summed E-state index contributed by atoms with van der Waals surface area (Å²) < 4.78 is 10.5. The fraction of sp³-hybridized carbons (Fsp3) is 0.462. The molecule has 0 bridgehead atoms. The summed E-state index contributed by atoms with van der Waals surface area (Å²) >= 11 is 11.7. The maximum atomic E-state index is 11.5. The summed E-state index contributed by atoms with van der Waals surface area (Å²) in [6, 6.07) is 4.86. The van der Waals surface area contributed by atoms with Gasteiger partial charge in [-0.05, 0) is 25.5 Å². The molecule has 1 rings (SSSR count). The zero-order chi connectivity index (χ0) is 14.1. The highest BCUT2D eigenvalue weighted by Crippen LogP contribution is 2.27. The van der Waals surface area contributed by atoms with Crippen LogP contribution in [0.2, 0.25) is 10.0 Å². The van der Waals surface area contributed by atoms with Crippen LogP contribution < -0.4 is 10.1 Å². The average molecular weight is 306 g/mol. The maximum absolute atomic E-state index is 11.5. The van der Waals surface area contributed by atoms with Crippen molar-refractivity contribution in [3.05, 3.63) is 28.2 Å². The van der Waals surface area contributed by atoms with Crippen LogP contribution in [0.25, 0.3) is 0 Å². The Morgan fingerprint density at radius 1 is 1.37 bits per heavy atom. The van der Waals surface area contributed by atoms with Crippen molar-refractivity contribution in [2.24, 2.45) is 0 Å². The average Bonchev–Trinajstić information content (AvgIpc) is 2.39. The lowest BCUT2D eigenvalue weighted by Crippen LogP contribution is -2.30. The van der Waals surface area contributed by atoms with Gasteiger partial charge in [0, 0.05) is 30.8 Å². The van der Waals surface area contributed by atoms with Gasteiger partial charge in [-0.1, -0.05) is 23.2 Å². The molecular weight excluding hydrogens is 289 g/mol. The highest BCUT2D eigenvalue weighted by Gasteiger charge is 2.06. The second kappa shape index (κ2) is 9.02. The van der Waals surface area contributed by atoms with Gasteiger partial charge in [-0.25, -0.2) is 0 Å². The first-order valence-corrected chi connectivity index (χ1v) is 6.81. The SMILES string of the molecule is CCOCCCNC(=O)COc1cc(Cl)ccc1Cl. The van der Waals surface area contributed by atoms with Gasteiger partial charge in [0.25, 0.3) is 5.91 Å². The zero-order valence-electron chi connectivity index (χ0n) is 10.7. The number of hydrogen-bond acceptors (Lipinski definition) is 3. The summed E-state index contributed by atoms with van der Waals surface area (Å²) in [6.45, 7) is 3.73. The van der Waals surface area contributed by atoms with Crippen LogP contribution in [0.3, 0.4) is 0 Å². The summed E-state index contributed by atoms with van der Waals surface area (Å²) in [5, 5.41) is 3.66. The maximum Gasteiger partial charge on any atom is 0.257 e. The summed E-state index contributed by atoms with van der Waals surface area (Å²) in [4.78, 5) is 11.5. The van der Waals surface area contributed by atoms with E-state index in [0.717, 1.165) is 6.42 Å². The van der Waals surface area contributed by atoms with E-state index in [1.807, 2.05) is 6.92 Å². The molecule has 1 N–H and O–H groups in total. The van der Waals surface area contributed by atoms with Crippen molar-refractivity contribution in [2.45, 2.75) is 13.3 Å². The minimum Gasteiger partial charge on any atom is -0.482 e. The molecular formula is C13H17Cl2NO3. The minimum atomic E-state index is -0.201. The second-order valence-corrected chi connectivity index (χ2v) is 4.61. The molecule has 6 heteroatoms. The van der Waals surface area contributed by atoms with Crippen molar-refractivity contribution < 1.29 is 14.3 Å². The first-order valence-electron chi connectivity index (χ1n) is 6.05. The normalized spacial score (nSPS) is 10.3. The van der Waals surface area contributed by atoms with Crippen molar-refractivity contribution in [1.29, 1.82) is 0 Å². The third-order valence-corrected chi connectivity index (χ3v) is 2.79. The van der Waals surface area contributed by atoms with E-state index in [2.05, 4.69) is 5.32 Å². The Labute approximate surface area is 123 Å². The van der Waals surface area contributed by atoms with Gasteiger partial charge >= 0.3 is 0 Å². The largest absolute Gasteiger partial charge is 0.482 e. The first-order chi connectivity index (χ1) is 9.13. The molecule has 1 amide bonds. The van der Waals surface area contributed by atoms with E-state index in [9.17, 15) is 4.79 Å². The van der Waals surface area contributed by atoms with E-state index in [1.54, 1.807) is 18.2 Å². The lowest BCUT2D eigenvalue weighted by Gasteiger charge is -2.09. The number of carbonyl (C=O) groups excluding carboxylic acids is 1. The van der Waals surface area contributed by atoms with E-state index in [1.165, 1.54) is 0 Å². The van der Waals surface area contributed by atoms with Crippen LogP contribution in [0.15, 0.2) is 18.2 Å². The first kappa shape index (κ1) is 16.1. The Balaban J connectivity index is 2.24. The van der Waals surface area contributed by atoms with Crippen LogP contribution in [0, 0.1) is 0 Å². The Morgan fingerprint density at radius 3 is 2.89 bits per heavy atom. The number of amides is 1. The molecule has 0 radical (unpaired) electrons. The van der Waals surface area contributed by atoms with Gasteiger partial charge in [-0.3, -0.25) is 4.79 Å². The fourth-order valence-electron chi connectivity index (χ4n) is 1.33. The topological polar surface area (TPSA) is 47.6 Å². The number of nitrogens with one attached hydrogen (secondary N) is 1. The van der Waals surface area contributed by atoms with Gasteiger partial charge < -0.3 is 14.8 Å². The van der Waals surface area contributed by atoms with Crippen molar-refractivity contribution in [2.75, 3.05) is 26.4 Å². The third-order valence-electron chi connectivity index (χ3n) is 2.24. The van der Waals surface area contributed by atoms with Gasteiger partial charge in [0.15, 0.2) is 6.61 Å². The van der Waals surface area contributed by atoms with E-state index in [4.69, 9.17) is 32.7 Å². The Bertz CT molecular complexity index is 413. The number of halogens is 2. The summed E-state index contributed by atoms with van der Waals surface area (Å²) in [7, 11) is 0. The molecule has 0 aromatic heterocycles. The van der Waals surface area contributed by atoms with Gasteiger partial charge in [-0.15, -0.1) is 0 Å². The monoisotopic (exact) mass is 305 g/mol. The van der Waals surface area contributed by atoms with Gasteiger partial charge in [0.05, 0.1) is 5.02 Å². The molecule has 0 aliphatic carbocycles. The molecule has 0 spiro atoms. The molecule has 0 atom stereocenters. The summed E-state index contributed by atoms with van der Waals surface area (Å²) in [6.07, 6.45) is 0.775. The van der Waals surface area contributed by atoms with Crippen molar-refractivity contribution in [3.8, 4) is 5.75 Å². The molecule has 106 valence electrons. The molecule has 0 aliphatic rings. The molecule has 1 aromatic carbocycles. The molecule has 0 fully saturated rings. The molecule has 0 aliphatic heterocycles. The minimum absolute atomic E-state index is 0.0886. The molecule has 0 saturated heterocycles. The fourth-order valence-corrected chi connectivity index (χ4v) is 1.66. The number of ether oxygens (including phenoxy) is 2. The summed E-state index contributed by atoms with van der Waals surface area (Å²) in [5.74, 6) is 0.200. The highest BCUT2D eigenvalue weighted by atomic mass is 35.5. The number of carbonyl (C=O) groups is 1. The number of benzene rings is 1. The molecule has 0 heterocycles. The number of rotatable bonds is 8. The van der Waals surface area contributed by atoms with E-state index < -0.39 is 0 Å². The van der Waals surface area contributed by atoms with Crippen LogP contribution >= 0.6 is 23.2 Å². The third kappa shape index (κ3) is 6.66. The lowest BCUT2D eigenvalue weighted by molar-refractivity contribution is -0.123. The van der Waals surface area contributed by atoms with E-state index in [-0.39, 0.29) is 12.5 Å². The van der Waals surface area contributed by atoms with Gasteiger partial charge in [-0.2, -0.15) is 0 Å². The van der Waals surface area contributed by atoms with Gasteiger partial charge in [0.2, 0.25) is 0 Å². The Hall–Kier alpha value is -0.970. The Morgan fingerprint density at radius 2 is 2.16 bits per heavy atom. The van der Waals surface area contributed by atoms with E-state index in [0.29, 0.717) is 35.6 Å². The second-order valence-electron chi connectivity index (χ2n) is 3.76. The molecule has 0 saturated carbocycles. The molecule has 19 heavy (non-hydrogen) atoms. The lowest BCUT2D eigenvalue weighted by atomic mass is 10.3. The Kier molecular flexibility index (Phi) is 7.63. The predicted octanol–water partition coefficient (Wildman–Crippen LogP) is 2.92.